The van der Waals surface area contributed by atoms with Gasteiger partial charge in [0.1, 0.15) is 5.75 Å². The van der Waals surface area contributed by atoms with Gasteiger partial charge in [-0.3, -0.25) is 0 Å². The minimum Gasteiger partial charge on any atom is -0.493 e. The van der Waals surface area contributed by atoms with Gasteiger partial charge in [-0.15, -0.1) is 0 Å². The Kier molecular flexibility index (Phi) is 6.81. The van der Waals surface area contributed by atoms with Crippen LogP contribution in [0.25, 0.3) is 0 Å². The Morgan fingerprint density at radius 2 is 1.95 bits per heavy atom. The minimum atomic E-state index is -4.19. The van der Waals surface area contributed by atoms with E-state index in [9.17, 15) is 13.2 Å². The zero-order valence-electron chi connectivity index (χ0n) is 11.7. The molecule has 0 fully saturated rings. The highest BCUT2D eigenvalue weighted by Gasteiger charge is 2.27. The molecule has 0 aliphatic heterocycles. The van der Waals surface area contributed by atoms with Gasteiger partial charge in [-0.1, -0.05) is 18.2 Å². The van der Waals surface area contributed by atoms with Gasteiger partial charge in [-0.05, 0) is 12.5 Å². The first kappa shape index (κ1) is 16.8. The first-order valence-electron chi connectivity index (χ1n) is 6.41. The van der Waals surface area contributed by atoms with Crippen molar-refractivity contribution in [2.45, 2.75) is 26.1 Å². The first-order valence-corrected chi connectivity index (χ1v) is 6.41. The Bertz CT molecular complexity index is 408. The highest BCUT2D eigenvalue weighted by Crippen LogP contribution is 2.25. The number of hydrogen-bond acceptors (Lipinski definition) is 3. The second-order valence-electron chi connectivity index (χ2n) is 4.45. The van der Waals surface area contributed by atoms with Gasteiger partial charge in [-0.25, -0.2) is 0 Å². The zero-order valence-corrected chi connectivity index (χ0v) is 11.7. The highest BCUT2D eigenvalue weighted by atomic mass is 19.4. The predicted molar refractivity (Wildman–Crippen MR) is 70.9 cm³/mol. The number of para-hydroxylation sites is 1. The fraction of sp³-hybridized carbons (Fsp3) is 0.571. The van der Waals surface area contributed by atoms with Crippen LogP contribution in [0.5, 0.6) is 5.75 Å². The lowest BCUT2D eigenvalue weighted by Gasteiger charge is -2.15. The summed E-state index contributed by atoms with van der Waals surface area (Å²) < 4.78 is 46.6. The fourth-order valence-electron chi connectivity index (χ4n) is 1.73. The van der Waals surface area contributed by atoms with Crippen LogP contribution in [-0.4, -0.2) is 33.0 Å². The molecule has 1 aromatic carbocycles. The Hall–Kier alpha value is -1.27. The molecule has 0 aromatic heterocycles. The summed E-state index contributed by atoms with van der Waals surface area (Å²) >= 11 is 0. The van der Waals surface area contributed by atoms with Crippen LogP contribution in [0.15, 0.2) is 18.2 Å². The molecule has 0 atom stereocenters. The van der Waals surface area contributed by atoms with E-state index in [4.69, 9.17) is 9.47 Å². The molecular weight excluding hydrogens is 271 g/mol. The molecule has 3 nitrogen and oxygen atoms in total. The van der Waals surface area contributed by atoms with Crippen molar-refractivity contribution in [3.63, 3.8) is 0 Å². The van der Waals surface area contributed by atoms with E-state index in [1.165, 1.54) is 0 Å². The molecule has 0 amide bonds. The van der Waals surface area contributed by atoms with E-state index in [0.717, 1.165) is 11.1 Å². The number of aryl methyl sites for hydroxylation is 1. The summed E-state index contributed by atoms with van der Waals surface area (Å²) in [6, 6.07) is 5.52. The lowest BCUT2D eigenvalue weighted by Crippen LogP contribution is -2.20. The molecule has 6 heteroatoms. The summed E-state index contributed by atoms with van der Waals surface area (Å²) in [6.45, 7) is 3.25. The molecule has 0 heterocycles. The maximum Gasteiger partial charge on any atom is 0.392 e. The van der Waals surface area contributed by atoms with Gasteiger partial charge >= 0.3 is 6.18 Å². The molecule has 1 N–H and O–H groups in total. The normalized spacial score (nSPS) is 11.7. The highest BCUT2D eigenvalue weighted by molar-refractivity contribution is 5.40. The van der Waals surface area contributed by atoms with Crippen molar-refractivity contribution in [3.05, 3.63) is 29.3 Å². The van der Waals surface area contributed by atoms with Gasteiger partial charge in [0.05, 0.1) is 19.6 Å². The molecule has 20 heavy (non-hydrogen) atoms. The number of methoxy groups -OCH3 is 1. The standard InChI is InChI=1S/C14H20F3NO2/c1-11-4-3-5-12(10-18-7-9-19-2)13(11)20-8-6-14(15,16)17/h3-5,18H,6-10H2,1-2H3. The van der Waals surface area contributed by atoms with Gasteiger partial charge in [0.15, 0.2) is 0 Å². The summed E-state index contributed by atoms with van der Waals surface area (Å²) in [4.78, 5) is 0. The molecule has 1 aromatic rings. The SMILES string of the molecule is COCCNCc1cccc(C)c1OCCC(F)(F)F. The monoisotopic (exact) mass is 291 g/mol. The first-order chi connectivity index (χ1) is 9.44. The van der Waals surface area contributed by atoms with Crippen molar-refractivity contribution in [3.8, 4) is 5.75 Å². The molecule has 0 bridgehead atoms. The number of rotatable bonds is 8. The topological polar surface area (TPSA) is 30.5 Å². The van der Waals surface area contributed by atoms with Crippen molar-refractivity contribution >= 4 is 0 Å². The Labute approximate surface area is 117 Å². The zero-order chi connectivity index (χ0) is 15.0. The summed E-state index contributed by atoms with van der Waals surface area (Å²) in [5.41, 5.74) is 1.68. The Morgan fingerprint density at radius 1 is 1.20 bits per heavy atom. The van der Waals surface area contributed by atoms with Crippen LogP contribution in [0.4, 0.5) is 13.2 Å². The molecule has 0 saturated carbocycles. The van der Waals surface area contributed by atoms with Crippen LogP contribution in [0.3, 0.4) is 0 Å². The smallest absolute Gasteiger partial charge is 0.392 e. The van der Waals surface area contributed by atoms with Crippen LogP contribution >= 0.6 is 0 Å². The molecule has 114 valence electrons. The predicted octanol–water partition coefficient (Wildman–Crippen LogP) is 3.06. The lowest BCUT2D eigenvalue weighted by molar-refractivity contribution is -0.139. The molecule has 0 aliphatic rings. The number of benzene rings is 1. The van der Waals surface area contributed by atoms with E-state index in [0.29, 0.717) is 25.4 Å². The molecule has 0 spiro atoms. The Morgan fingerprint density at radius 3 is 2.60 bits per heavy atom. The second-order valence-corrected chi connectivity index (χ2v) is 4.45. The summed E-state index contributed by atoms with van der Waals surface area (Å²) in [5, 5.41) is 3.15. The van der Waals surface area contributed by atoms with E-state index in [-0.39, 0.29) is 6.61 Å². The van der Waals surface area contributed by atoms with Crippen molar-refractivity contribution in [1.82, 2.24) is 5.32 Å². The number of nitrogens with one attached hydrogen (secondary N) is 1. The summed E-state index contributed by atoms with van der Waals surface area (Å²) in [5.74, 6) is 0.529. The molecule has 1 rings (SSSR count). The van der Waals surface area contributed by atoms with Gasteiger partial charge in [0.2, 0.25) is 0 Å². The summed E-state index contributed by atoms with van der Waals surface area (Å²) in [6.07, 6.45) is -5.14. The van der Waals surface area contributed by atoms with E-state index in [1.54, 1.807) is 7.11 Å². The molecule has 0 saturated heterocycles. The third kappa shape index (κ3) is 6.25. The number of halogens is 3. The van der Waals surface area contributed by atoms with Crippen molar-refractivity contribution in [2.75, 3.05) is 26.9 Å². The van der Waals surface area contributed by atoms with Gasteiger partial charge in [-0.2, -0.15) is 13.2 Å². The fourth-order valence-corrected chi connectivity index (χ4v) is 1.73. The van der Waals surface area contributed by atoms with Crippen molar-refractivity contribution in [1.29, 1.82) is 0 Å². The number of ether oxygens (including phenoxy) is 2. The van der Waals surface area contributed by atoms with Crippen LogP contribution in [-0.2, 0) is 11.3 Å². The van der Waals surface area contributed by atoms with Crippen LogP contribution in [0.1, 0.15) is 17.5 Å². The minimum absolute atomic E-state index is 0.362. The van der Waals surface area contributed by atoms with Crippen molar-refractivity contribution in [2.24, 2.45) is 0 Å². The lowest BCUT2D eigenvalue weighted by atomic mass is 10.1. The van der Waals surface area contributed by atoms with Gasteiger partial charge in [0, 0.05) is 25.8 Å². The van der Waals surface area contributed by atoms with E-state index < -0.39 is 12.6 Å². The third-order valence-electron chi connectivity index (χ3n) is 2.72. The maximum absolute atomic E-state index is 12.1. The Balaban J connectivity index is 2.58. The van der Waals surface area contributed by atoms with E-state index in [1.807, 2.05) is 25.1 Å². The second kappa shape index (κ2) is 8.11. The third-order valence-corrected chi connectivity index (χ3v) is 2.72. The summed E-state index contributed by atoms with van der Waals surface area (Å²) in [7, 11) is 1.61. The van der Waals surface area contributed by atoms with Crippen LogP contribution in [0, 0.1) is 6.92 Å². The molecular formula is C14H20F3NO2. The van der Waals surface area contributed by atoms with E-state index >= 15 is 0 Å². The van der Waals surface area contributed by atoms with Crippen molar-refractivity contribution < 1.29 is 22.6 Å². The van der Waals surface area contributed by atoms with Crippen LogP contribution in [0.2, 0.25) is 0 Å². The number of hydrogen-bond donors (Lipinski definition) is 1. The maximum atomic E-state index is 12.1. The van der Waals surface area contributed by atoms with E-state index in [2.05, 4.69) is 5.32 Å². The van der Waals surface area contributed by atoms with Gasteiger partial charge < -0.3 is 14.8 Å². The van der Waals surface area contributed by atoms with Gasteiger partial charge in [0.25, 0.3) is 0 Å². The molecule has 0 radical (unpaired) electrons. The molecule has 0 unspecified atom stereocenters. The largest absolute Gasteiger partial charge is 0.493 e. The average Bonchev–Trinajstić information content (AvgIpc) is 2.36. The average molecular weight is 291 g/mol. The van der Waals surface area contributed by atoms with Crippen LogP contribution < -0.4 is 10.1 Å². The number of alkyl halides is 3. The molecule has 0 aliphatic carbocycles. The quantitative estimate of drug-likeness (QED) is 0.747.